The van der Waals surface area contributed by atoms with E-state index in [2.05, 4.69) is 5.32 Å². The number of alkyl halides is 3. The Balaban J connectivity index is 1.93. The maximum Gasteiger partial charge on any atom is 0.395 e. The zero-order valence-electron chi connectivity index (χ0n) is 15.4. The van der Waals surface area contributed by atoms with Crippen LogP contribution in [0.15, 0.2) is 0 Å². The van der Waals surface area contributed by atoms with E-state index in [1.54, 1.807) is 7.05 Å². The fourth-order valence-corrected chi connectivity index (χ4v) is 3.76. The highest BCUT2D eigenvalue weighted by atomic mass is 19.4. The van der Waals surface area contributed by atoms with Crippen molar-refractivity contribution in [3.05, 3.63) is 0 Å². The zero-order valence-corrected chi connectivity index (χ0v) is 15.4. The first kappa shape index (κ1) is 21.5. The molecule has 2 rings (SSSR count). The molecule has 0 spiro atoms. The lowest BCUT2D eigenvalue weighted by Gasteiger charge is -2.25. The lowest BCUT2D eigenvalue weighted by atomic mass is 10.0. The SMILES string of the molecule is CN1CCCC1C(=O)N1C[C@@H](C(F)(F)F)[C@H](NC(=O)CCCCC(N)=O)C1. The number of halogens is 3. The summed E-state index contributed by atoms with van der Waals surface area (Å²) in [6, 6.07) is -1.54. The Bertz CT molecular complexity index is 570. The molecule has 1 unspecified atom stereocenters. The van der Waals surface area contributed by atoms with E-state index in [4.69, 9.17) is 5.73 Å². The number of carbonyl (C=O) groups excluding carboxylic acids is 3. The number of nitrogens with two attached hydrogens (primary N) is 1. The molecule has 0 aromatic carbocycles. The second-order valence-corrected chi connectivity index (χ2v) is 7.38. The number of nitrogens with zero attached hydrogens (tertiary/aromatic N) is 2. The standard InChI is InChI=1S/C17H27F3N4O3/c1-23-8-4-5-13(23)16(27)24-9-11(17(18,19)20)12(10-24)22-15(26)7-3-2-6-14(21)25/h11-13H,2-10H2,1H3,(H2,21,25)(H,22,26)/t11-,12-,13?/m1/s1. The molecule has 3 amide bonds. The molecule has 2 saturated heterocycles. The molecule has 2 aliphatic heterocycles. The highest BCUT2D eigenvalue weighted by Crippen LogP contribution is 2.35. The molecule has 0 aromatic rings. The number of nitrogens with one attached hydrogen (secondary N) is 1. The minimum Gasteiger partial charge on any atom is -0.370 e. The third-order valence-corrected chi connectivity index (χ3v) is 5.28. The summed E-state index contributed by atoms with van der Waals surface area (Å²) in [4.78, 5) is 38.3. The number of likely N-dealkylation sites (N-methyl/N-ethyl adjacent to an activating group) is 1. The molecular formula is C17H27F3N4O3. The normalized spacial score (nSPS) is 26.4. The van der Waals surface area contributed by atoms with Gasteiger partial charge in [-0.1, -0.05) is 0 Å². The number of likely N-dealkylation sites (tertiary alicyclic amines) is 2. The Labute approximate surface area is 156 Å². The van der Waals surface area contributed by atoms with Gasteiger partial charge < -0.3 is 16.0 Å². The van der Waals surface area contributed by atoms with Gasteiger partial charge in [-0.05, 0) is 39.3 Å². The number of hydrogen-bond acceptors (Lipinski definition) is 4. The predicted octanol–water partition coefficient (Wildman–Crippen LogP) is 0.632. The fraction of sp³-hybridized carbons (Fsp3) is 0.824. The van der Waals surface area contributed by atoms with Crippen LogP contribution in [-0.2, 0) is 14.4 Å². The van der Waals surface area contributed by atoms with E-state index >= 15 is 0 Å². The van der Waals surface area contributed by atoms with Crippen molar-refractivity contribution in [2.24, 2.45) is 11.7 Å². The molecule has 0 radical (unpaired) electrons. The number of unbranched alkanes of at least 4 members (excludes halogenated alkanes) is 1. The molecule has 154 valence electrons. The van der Waals surface area contributed by atoms with Crippen LogP contribution in [-0.4, -0.2) is 72.5 Å². The van der Waals surface area contributed by atoms with Gasteiger partial charge in [0, 0.05) is 25.9 Å². The highest BCUT2D eigenvalue weighted by molar-refractivity contribution is 5.83. The molecule has 10 heteroatoms. The van der Waals surface area contributed by atoms with Crippen LogP contribution in [0.4, 0.5) is 13.2 Å². The van der Waals surface area contributed by atoms with E-state index in [1.807, 2.05) is 4.90 Å². The molecule has 0 aromatic heterocycles. The van der Waals surface area contributed by atoms with Gasteiger partial charge in [-0.2, -0.15) is 13.2 Å². The molecule has 0 saturated carbocycles. The highest BCUT2D eigenvalue weighted by Gasteiger charge is 2.52. The average molecular weight is 392 g/mol. The lowest BCUT2D eigenvalue weighted by Crippen LogP contribution is -2.46. The summed E-state index contributed by atoms with van der Waals surface area (Å²) in [6.07, 6.45) is -2.08. The van der Waals surface area contributed by atoms with Crippen molar-refractivity contribution >= 4 is 17.7 Å². The average Bonchev–Trinajstić information content (AvgIpc) is 3.17. The van der Waals surface area contributed by atoms with E-state index in [0.29, 0.717) is 19.3 Å². The number of amides is 3. The molecule has 0 bridgehead atoms. The maximum absolute atomic E-state index is 13.4. The Hall–Kier alpha value is -1.84. The molecule has 7 nitrogen and oxygen atoms in total. The molecule has 2 heterocycles. The summed E-state index contributed by atoms with van der Waals surface area (Å²) in [5.41, 5.74) is 5.01. The van der Waals surface area contributed by atoms with E-state index in [-0.39, 0.29) is 31.3 Å². The second-order valence-electron chi connectivity index (χ2n) is 7.38. The minimum absolute atomic E-state index is 0.0215. The van der Waals surface area contributed by atoms with Crippen LogP contribution < -0.4 is 11.1 Å². The number of rotatable bonds is 7. The van der Waals surface area contributed by atoms with Gasteiger partial charge in [0.25, 0.3) is 0 Å². The first-order chi connectivity index (χ1) is 12.6. The van der Waals surface area contributed by atoms with Crippen molar-refractivity contribution < 1.29 is 27.6 Å². The topological polar surface area (TPSA) is 95.7 Å². The van der Waals surface area contributed by atoms with Crippen LogP contribution in [0.25, 0.3) is 0 Å². The Kier molecular flexibility index (Phi) is 7.07. The van der Waals surface area contributed by atoms with Crippen molar-refractivity contribution in [1.29, 1.82) is 0 Å². The quantitative estimate of drug-likeness (QED) is 0.622. The summed E-state index contributed by atoms with van der Waals surface area (Å²) in [6.45, 7) is 0.179. The van der Waals surface area contributed by atoms with Crippen LogP contribution in [0.3, 0.4) is 0 Å². The van der Waals surface area contributed by atoms with E-state index < -0.39 is 36.5 Å². The predicted molar refractivity (Wildman–Crippen MR) is 91.4 cm³/mol. The molecule has 3 atom stereocenters. The van der Waals surface area contributed by atoms with Crippen molar-refractivity contribution in [3.8, 4) is 0 Å². The summed E-state index contributed by atoms with van der Waals surface area (Å²) >= 11 is 0. The van der Waals surface area contributed by atoms with Crippen LogP contribution in [0.2, 0.25) is 0 Å². The van der Waals surface area contributed by atoms with Crippen molar-refractivity contribution in [2.75, 3.05) is 26.7 Å². The minimum atomic E-state index is -4.50. The number of carbonyl (C=O) groups is 3. The molecule has 27 heavy (non-hydrogen) atoms. The Morgan fingerprint density at radius 3 is 2.37 bits per heavy atom. The summed E-state index contributed by atoms with van der Waals surface area (Å²) in [5.74, 6) is -3.06. The van der Waals surface area contributed by atoms with Crippen molar-refractivity contribution in [2.45, 2.75) is 56.8 Å². The summed E-state index contributed by atoms with van der Waals surface area (Å²) in [5, 5.41) is 2.43. The molecule has 3 N–H and O–H groups in total. The van der Waals surface area contributed by atoms with Gasteiger partial charge >= 0.3 is 6.18 Å². The van der Waals surface area contributed by atoms with Crippen LogP contribution in [0, 0.1) is 5.92 Å². The molecule has 0 aliphatic carbocycles. The van der Waals surface area contributed by atoms with Crippen molar-refractivity contribution in [1.82, 2.24) is 15.1 Å². The Morgan fingerprint density at radius 1 is 1.15 bits per heavy atom. The smallest absolute Gasteiger partial charge is 0.370 e. The molecular weight excluding hydrogens is 365 g/mol. The molecule has 2 aliphatic rings. The lowest BCUT2D eigenvalue weighted by molar-refractivity contribution is -0.176. The van der Waals surface area contributed by atoms with Crippen molar-refractivity contribution in [3.63, 3.8) is 0 Å². The Morgan fingerprint density at radius 2 is 1.81 bits per heavy atom. The largest absolute Gasteiger partial charge is 0.395 e. The first-order valence-electron chi connectivity index (χ1n) is 9.23. The van der Waals surface area contributed by atoms with Gasteiger partial charge in [-0.15, -0.1) is 0 Å². The zero-order chi connectivity index (χ0) is 20.2. The van der Waals surface area contributed by atoms with Gasteiger partial charge in [-0.25, -0.2) is 0 Å². The summed E-state index contributed by atoms with van der Waals surface area (Å²) < 4.78 is 40.2. The van der Waals surface area contributed by atoms with Gasteiger partial charge in [0.15, 0.2) is 0 Å². The van der Waals surface area contributed by atoms with Gasteiger partial charge in [0.1, 0.15) is 0 Å². The first-order valence-corrected chi connectivity index (χ1v) is 9.23. The number of hydrogen-bond donors (Lipinski definition) is 2. The molecule has 2 fully saturated rings. The van der Waals surface area contributed by atoms with Crippen LogP contribution >= 0.6 is 0 Å². The van der Waals surface area contributed by atoms with E-state index in [9.17, 15) is 27.6 Å². The van der Waals surface area contributed by atoms with E-state index in [1.165, 1.54) is 4.90 Å². The monoisotopic (exact) mass is 392 g/mol. The van der Waals surface area contributed by atoms with Crippen LogP contribution in [0.1, 0.15) is 38.5 Å². The summed E-state index contributed by atoms with van der Waals surface area (Å²) in [7, 11) is 1.79. The van der Waals surface area contributed by atoms with Gasteiger partial charge in [0.2, 0.25) is 17.7 Å². The second kappa shape index (κ2) is 8.90. The van der Waals surface area contributed by atoms with E-state index in [0.717, 1.165) is 13.0 Å². The van der Waals surface area contributed by atoms with Gasteiger partial charge in [-0.3, -0.25) is 19.3 Å². The third kappa shape index (κ3) is 5.82. The van der Waals surface area contributed by atoms with Gasteiger partial charge in [0.05, 0.1) is 18.0 Å². The fourth-order valence-electron chi connectivity index (χ4n) is 3.76. The third-order valence-electron chi connectivity index (χ3n) is 5.28. The number of primary amides is 1. The van der Waals surface area contributed by atoms with Crippen LogP contribution in [0.5, 0.6) is 0 Å². The maximum atomic E-state index is 13.4.